The molecule has 116 valence electrons. The smallest absolute Gasteiger partial charge is 0.412 e. The maximum Gasteiger partial charge on any atom is 0.412 e. The molecule has 0 saturated heterocycles. The van der Waals surface area contributed by atoms with Crippen LogP contribution in [-0.4, -0.2) is 27.9 Å². The van der Waals surface area contributed by atoms with Gasteiger partial charge in [0.15, 0.2) is 0 Å². The molecule has 1 aromatic rings. The summed E-state index contributed by atoms with van der Waals surface area (Å²) in [7, 11) is 0. The third-order valence-electron chi connectivity index (χ3n) is 2.77. The Morgan fingerprint density at radius 1 is 1.33 bits per heavy atom. The number of rotatable bonds is 4. The average Bonchev–Trinajstić information content (AvgIpc) is 2.30. The Bertz CT molecular complexity index is 533. The van der Waals surface area contributed by atoms with Crippen molar-refractivity contribution in [3.05, 3.63) is 23.8 Å². The first-order valence-corrected chi connectivity index (χ1v) is 6.69. The summed E-state index contributed by atoms with van der Waals surface area (Å²) >= 11 is 0. The largest absolute Gasteiger partial charge is 0.506 e. The minimum Gasteiger partial charge on any atom is -0.506 e. The Labute approximate surface area is 123 Å². The number of aromatic hydroxyl groups is 1. The predicted molar refractivity (Wildman–Crippen MR) is 78.6 cm³/mol. The molecule has 3 N–H and O–H groups in total. The normalized spacial score (nSPS) is 12.6. The molecule has 1 rings (SSSR count). The zero-order valence-corrected chi connectivity index (χ0v) is 12.6. The van der Waals surface area contributed by atoms with Crippen LogP contribution >= 0.6 is 0 Å². The fourth-order valence-corrected chi connectivity index (χ4v) is 1.84. The molecule has 1 atom stereocenters. The van der Waals surface area contributed by atoms with Gasteiger partial charge in [-0.3, -0.25) is 10.1 Å². The molecule has 6 nitrogen and oxygen atoms in total. The van der Waals surface area contributed by atoms with Gasteiger partial charge in [-0.25, -0.2) is 4.79 Å². The molecular formula is C15H21NO5. The molecule has 0 saturated carbocycles. The van der Waals surface area contributed by atoms with Crippen LogP contribution in [0, 0.1) is 0 Å². The molecule has 0 heterocycles. The highest BCUT2D eigenvalue weighted by atomic mass is 16.6. The van der Waals surface area contributed by atoms with Crippen LogP contribution in [0.5, 0.6) is 5.75 Å². The first kappa shape index (κ1) is 16.8. The summed E-state index contributed by atoms with van der Waals surface area (Å²) in [5.41, 5.74) is 0.0152. The van der Waals surface area contributed by atoms with Crippen molar-refractivity contribution in [3.8, 4) is 5.75 Å². The van der Waals surface area contributed by atoms with E-state index in [9.17, 15) is 14.7 Å². The number of phenolic OH excluding ortho intramolecular Hbond substituents is 1. The Kier molecular flexibility index (Phi) is 5.18. The van der Waals surface area contributed by atoms with Gasteiger partial charge < -0.3 is 14.9 Å². The molecule has 0 bridgehead atoms. The van der Waals surface area contributed by atoms with E-state index in [4.69, 9.17) is 9.84 Å². The number of anilines is 1. The number of nitrogens with one attached hydrogen (secondary N) is 1. The van der Waals surface area contributed by atoms with Gasteiger partial charge in [-0.05, 0) is 44.9 Å². The molecule has 0 aliphatic carbocycles. The van der Waals surface area contributed by atoms with E-state index in [1.54, 1.807) is 33.8 Å². The number of carboxylic acid groups (broad SMARTS) is 1. The lowest BCUT2D eigenvalue weighted by molar-refractivity contribution is -0.138. The van der Waals surface area contributed by atoms with Gasteiger partial charge in [-0.2, -0.15) is 0 Å². The quantitative estimate of drug-likeness (QED) is 0.740. The third kappa shape index (κ3) is 4.98. The molecule has 0 aliphatic rings. The van der Waals surface area contributed by atoms with Crippen LogP contribution in [0.1, 0.15) is 45.6 Å². The molecule has 1 unspecified atom stereocenters. The number of aliphatic carboxylic acids is 1. The van der Waals surface area contributed by atoms with Crippen molar-refractivity contribution in [3.63, 3.8) is 0 Å². The lowest BCUT2D eigenvalue weighted by Gasteiger charge is -2.20. The van der Waals surface area contributed by atoms with Gasteiger partial charge >= 0.3 is 12.1 Å². The molecule has 0 aliphatic heterocycles. The van der Waals surface area contributed by atoms with Crippen molar-refractivity contribution < 1.29 is 24.5 Å². The van der Waals surface area contributed by atoms with Crippen LogP contribution in [0.15, 0.2) is 18.2 Å². The fourth-order valence-electron chi connectivity index (χ4n) is 1.84. The Morgan fingerprint density at radius 3 is 2.38 bits per heavy atom. The molecule has 0 radical (unpaired) electrons. The number of benzene rings is 1. The number of amides is 1. The van der Waals surface area contributed by atoms with Crippen molar-refractivity contribution in [1.29, 1.82) is 0 Å². The van der Waals surface area contributed by atoms with Crippen molar-refractivity contribution in [2.24, 2.45) is 0 Å². The highest BCUT2D eigenvalue weighted by molar-refractivity contribution is 5.87. The summed E-state index contributed by atoms with van der Waals surface area (Å²) in [6.07, 6.45) is -0.274. The Morgan fingerprint density at radius 2 is 1.95 bits per heavy atom. The second-order valence-electron chi connectivity index (χ2n) is 5.70. The summed E-state index contributed by atoms with van der Waals surface area (Å²) in [5.74, 6) is -1.84. The lowest BCUT2D eigenvalue weighted by Crippen LogP contribution is -2.27. The highest BCUT2D eigenvalue weighted by Gasteiger charge is 2.20. The first-order chi connectivity index (χ1) is 9.64. The van der Waals surface area contributed by atoms with Crippen LogP contribution < -0.4 is 5.32 Å². The summed E-state index contributed by atoms with van der Waals surface area (Å²) in [5, 5.41) is 21.4. The second-order valence-corrected chi connectivity index (χ2v) is 5.70. The zero-order valence-electron chi connectivity index (χ0n) is 12.6. The molecule has 0 fully saturated rings. The van der Waals surface area contributed by atoms with Crippen LogP contribution in [0.2, 0.25) is 0 Å². The van der Waals surface area contributed by atoms with E-state index >= 15 is 0 Å². The van der Waals surface area contributed by atoms with Crippen molar-refractivity contribution in [2.75, 3.05) is 5.32 Å². The highest BCUT2D eigenvalue weighted by Crippen LogP contribution is 2.29. The van der Waals surface area contributed by atoms with Gasteiger partial charge in [0.2, 0.25) is 0 Å². The Hall–Kier alpha value is -2.24. The average molecular weight is 295 g/mol. The van der Waals surface area contributed by atoms with Crippen molar-refractivity contribution in [1.82, 2.24) is 0 Å². The molecule has 21 heavy (non-hydrogen) atoms. The van der Waals surface area contributed by atoms with Crippen LogP contribution in [-0.2, 0) is 9.53 Å². The summed E-state index contributed by atoms with van der Waals surface area (Å²) in [6, 6.07) is 4.36. The second kappa shape index (κ2) is 6.47. The molecule has 1 aromatic carbocycles. The zero-order chi connectivity index (χ0) is 16.2. The van der Waals surface area contributed by atoms with Gasteiger partial charge in [0.05, 0.1) is 11.6 Å². The molecule has 6 heteroatoms. The first-order valence-electron chi connectivity index (χ1n) is 6.69. The van der Waals surface area contributed by atoms with Crippen LogP contribution in [0.3, 0.4) is 0 Å². The summed E-state index contributed by atoms with van der Waals surface area (Å²) in [4.78, 5) is 22.7. The third-order valence-corrected chi connectivity index (χ3v) is 2.77. The number of carbonyl (C=O) groups excluding carboxylic acids is 1. The van der Waals surface area contributed by atoms with Crippen LogP contribution in [0.4, 0.5) is 10.5 Å². The SMILES string of the molecule is CCC(C(=O)O)c1ccc(NC(=O)OC(C)(C)C)c(O)c1. The number of phenols is 1. The maximum absolute atomic E-state index is 11.6. The molecular weight excluding hydrogens is 274 g/mol. The molecule has 0 aromatic heterocycles. The fraction of sp³-hybridized carbons (Fsp3) is 0.467. The number of ether oxygens (including phenoxy) is 1. The van der Waals surface area contributed by atoms with E-state index in [0.29, 0.717) is 12.0 Å². The number of hydrogen-bond acceptors (Lipinski definition) is 4. The van der Waals surface area contributed by atoms with E-state index in [0.717, 1.165) is 0 Å². The van der Waals surface area contributed by atoms with Gasteiger partial charge in [0, 0.05) is 0 Å². The monoisotopic (exact) mass is 295 g/mol. The predicted octanol–water partition coefficient (Wildman–Crippen LogP) is 3.32. The number of carbonyl (C=O) groups is 2. The number of carboxylic acids is 1. The van der Waals surface area contributed by atoms with E-state index in [-0.39, 0.29) is 11.4 Å². The standard InChI is InChI=1S/C15H21NO5/c1-5-10(13(18)19)9-6-7-11(12(17)8-9)16-14(20)21-15(2,3)4/h6-8,10,17H,5H2,1-4H3,(H,16,20)(H,18,19). The van der Waals surface area contributed by atoms with Crippen molar-refractivity contribution >= 4 is 17.7 Å². The van der Waals surface area contributed by atoms with E-state index < -0.39 is 23.6 Å². The van der Waals surface area contributed by atoms with Gasteiger partial charge in [-0.1, -0.05) is 13.0 Å². The summed E-state index contributed by atoms with van der Waals surface area (Å²) in [6.45, 7) is 6.94. The van der Waals surface area contributed by atoms with E-state index in [1.807, 2.05) is 0 Å². The van der Waals surface area contributed by atoms with Crippen molar-refractivity contribution in [2.45, 2.75) is 45.6 Å². The minimum atomic E-state index is -0.954. The number of hydrogen-bond donors (Lipinski definition) is 3. The molecule has 1 amide bonds. The molecule has 0 spiro atoms. The van der Waals surface area contributed by atoms with E-state index in [2.05, 4.69) is 5.32 Å². The minimum absolute atomic E-state index is 0.174. The topological polar surface area (TPSA) is 95.9 Å². The van der Waals surface area contributed by atoms with Gasteiger partial charge in [0.25, 0.3) is 0 Å². The van der Waals surface area contributed by atoms with E-state index in [1.165, 1.54) is 12.1 Å². The van der Waals surface area contributed by atoms with Gasteiger partial charge in [-0.15, -0.1) is 0 Å². The Balaban J connectivity index is 2.88. The van der Waals surface area contributed by atoms with Crippen LogP contribution in [0.25, 0.3) is 0 Å². The summed E-state index contributed by atoms with van der Waals surface area (Å²) < 4.78 is 5.08. The van der Waals surface area contributed by atoms with Gasteiger partial charge in [0.1, 0.15) is 11.4 Å². The maximum atomic E-state index is 11.6. The lowest BCUT2D eigenvalue weighted by atomic mass is 9.96.